The Bertz CT molecular complexity index is 828. The van der Waals surface area contributed by atoms with Crippen molar-refractivity contribution in [2.75, 3.05) is 0 Å². The molecular weight excluding hydrogens is 413 g/mol. The Hall–Kier alpha value is -2.07. The van der Waals surface area contributed by atoms with E-state index in [0.29, 0.717) is 0 Å². The molecule has 28 heavy (non-hydrogen) atoms. The Morgan fingerprint density at radius 2 is 1.04 bits per heavy atom. The number of alkyl halides is 11. The maximum absolute atomic E-state index is 14.4. The summed E-state index contributed by atoms with van der Waals surface area (Å²) in [4.78, 5) is 0. The van der Waals surface area contributed by atoms with Crippen molar-refractivity contribution < 1.29 is 48.3 Å². The molecule has 0 spiro atoms. The lowest BCUT2D eigenvalue weighted by atomic mass is 9.75. The van der Waals surface area contributed by atoms with Gasteiger partial charge in [-0.2, -0.15) is 48.3 Å². The molecule has 0 fully saturated rings. The monoisotopic (exact) mass is 421 g/mol. The van der Waals surface area contributed by atoms with E-state index >= 15 is 0 Å². The lowest BCUT2D eigenvalue weighted by Gasteiger charge is -2.39. The first-order valence-electron chi connectivity index (χ1n) is 7.51. The van der Waals surface area contributed by atoms with Crippen LogP contribution in [0.2, 0.25) is 0 Å². The summed E-state index contributed by atoms with van der Waals surface area (Å²) < 4.78 is 154. The number of rotatable bonds is 0. The number of hydrogen-bond donors (Lipinski definition) is 0. The summed E-state index contributed by atoms with van der Waals surface area (Å²) in [6, 6.07) is 0.338. The van der Waals surface area contributed by atoms with Gasteiger partial charge in [0.25, 0.3) is 0 Å². The van der Waals surface area contributed by atoms with Crippen LogP contribution in [0, 0.1) is 11.8 Å². The van der Waals surface area contributed by atoms with Crippen LogP contribution < -0.4 is 0 Å². The van der Waals surface area contributed by atoms with E-state index in [0.717, 1.165) is 0 Å². The van der Waals surface area contributed by atoms with Crippen molar-refractivity contribution in [1.82, 2.24) is 0 Å². The fourth-order valence-corrected chi connectivity index (χ4v) is 3.00. The Kier molecular flexibility index (Phi) is 4.23. The first-order valence-corrected chi connectivity index (χ1v) is 7.51. The molecule has 5 aliphatic carbocycles. The summed E-state index contributed by atoms with van der Waals surface area (Å²) in [5.41, 5.74) is -5.03. The van der Waals surface area contributed by atoms with Crippen LogP contribution in [0.15, 0.2) is 48.1 Å². The normalized spacial score (nSPS) is 27.8. The highest BCUT2D eigenvalue weighted by atomic mass is 19.4. The summed E-state index contributed by atoms with van der Waals surface area (Å²) in [5, 5.41) is 0. The van der Waals surface area contributed by atoms with Crippen molar-refractivity contribution in [3.63, 3.8) is 0 Å². The first kappa shape index (κ1) is 20.7. The molecule has 0 amide bonds. The molecule has 0 heterocycles. The minimum absolute atomic E-state index is 0.0593. The van der Waals surface area contributed by atoms with Crippen molar-refractivity contribution in [1.29, 1.82) is 0 Å². The van der Waals surface area contributed by atoms with Gasteiger partial charge in [0.05, 0.1) is 11.8 Å². The van der Waals surface area contributed by atoms with Gasteiger partial charge in [-0.3, -0.25) is 0 Å². The number of allylic oxidation sites excluding steroid dienone is 4. The van der Waals surface area contributed by atoms with Crippen LogP contribution in [0.3, 0.4) is 0 Å². The van der Waals surface area contributed by atoms with Crippen molar-refractivity contribution >= 4 is 0 Å². The van der Waals surface area contributed by atoms with E-state index in [1.807, 2.05) is 0 Å². The van der Waals surface area contributed by atoms with E-state index in [4.69, 9.17) is 0 Å². The Morgan fingerprint density at radius 3 is 1.46 bits per heavy atom. The van der Waals surface area contributed by atoms with Crippen LogP contribution >= 0.6 is 0 Å². The summed E-state index contributed by atoms with van der Waals surface area (Å²) in [5.74, 6) is -26.8. The van der Waals surface area contributed by atoms with Crippen molar-refractivity contribution in [2.24, 2.45) is 5.92 Å². The molecule has 1 aromatic carbocycles. The highest BCUT2D eigenvalue weighted by Crippen LogP contribution is 2.58. The molecule has 0 saturated heterocycles. The maximum atomic E-state index is 14.4. The van der Waals surface area contributed by atoms with Gasteiger partial charge in [0.15, 0.2) is 0 Å². The summed E-state index contributed by atoms with van der Waals surface area (Å²) >= 11 is 0. The highest BCUT2D eigenvalue weighted by molar-refractivity contribution is 5.47. The van der Waals surface area contributed by atoms with Gasteiger partial charge >= 0.3 is 29.9 Å². The Morgan fingerprint density at radius 1 is 0.607 bits per heavy atom. The molecule has 5 aliphatic rings. The molecule has 0 nitrogen and oxygen atoms in total. The Labute approximate surface area is 150 Å². The molecule has 4 bridgehead atoms. The van der Waals surface area contributed by atoms with E-state index in [-0.39, 0.29) is 36.4 Å². The van der Waals surface area contributed by atoms with Gasteiger partial charge < -0.3 is 0 Å². The molecule has 6 rings (SSSR count). The smallest absolute Gasteiger partial charge is 0.198 e. The molecule has 0 aliphatic heterocycles. The van der Waals surface area contributed by atoms with Crippen LogP contribution in [-0.2, 0) is 11.8 Å². The minimum atomic E-state index is -5.71. The van der Waals surface area contributed by atoms with Crippen LogP contribution in [0.4, 0.5) is 48.3 Å². The van der Waals surface area contributed by atoms with Crippen molar-refractivity contribution in [2.45, 2.75) is 29.9 Å². The molecule has 1 aromatic rings. The predicted molar refractivity (Wildman–Crippen MR) is 74.1 cm³/mol. The van der Waals surface area contributed by atoms with Gasteiger partial charge in [0.1, 0.15) is 0 Å². The van der Waals surface area contributed by atoms with Crippen LogP contribution in [0.1, 0.15) is 11.1 Å². The average Bonchev–Trinajstić information content (AvgIpc) is 2.59. The lowest BCUT2D eigenvalue weighted by molar-refractivity contribution is -0.227. The lowest BCUT2D eigenvalue weighted by Crippen LogP contribution is -2.50. The van der Waals surface area contributed by atoms with E-state index in [9.17, 15) is 48.3 Å². The molecule has 1 radical (unpaired) electrons. The van der Waals surface area contributed by atoms with Gasteiger partial charge in [-0.25, -0.2) is 0 Å². The van der Waals surface area contributed by atoms with Gasteiger partial charge in [0, 0.05) is 16.7 Å². The summed E-state index contributed by atoms with van der Waals surface area (Å²) in [7, 11) is 0. The maximum Gasteiger partial charge on any atom is 0.396 e. The predicted octanol–water partition coefficient (Wildman–Crippen LogP) is 6.40. The molecule has 0 N–H and O–H groups in total. The van der Waals surface area contributed by atoms with Crippen molar-refractivity contribution in [3.05, 3.63) is 65.1 Å². The average molecular weight is 421 g/mol. The minimum Gasteiger partial charge on any atom is -0.198 e. The molecule has 1 unspecified atom stereocenters. The van der Waals surface area contributed by atoms with E-state index < -0.39 is 64.5 Å². The van der Waals surface area contributed by atoms with E-state index in [1.54, 1.807) is 0 Å². The molecule has 11 heteroatoms. The SMILES string of the molecule is FC(F)(F)C1C=C2C=C[C]1C(F)(F)C(F)(F)c1ccc(cc1)C(F)(F)C2(F)F. The first-order chi connectivity index (χ1) is 12.5. The zero-order valence-corrected chi connectivity index (χ0v) is 13.3. The molecule has 1 atom stereocenters. The zero-order chi connectivity index (χ0) is 21.3. The second kappa shape index (κ2) is 5.73. The van der Waals surface area contributed by atoms with E-state index in [2.05, 4.69) is 0 Å². The van der Waals surface area contributed by atoms with Crippen LogP contribution in [-0.4, -0.2) is 18.0 Å². The van der Waals surface area contributed by atoms with Crippen LogP contribution in [0.5, 0.6) is 0 Å². The molecule has 153 valence electrons. The van der Waals surface area contributed by atoms with Gasteiger partial charge in [-0.1, -0.05) is 42.5 Å². The standard InChI is InChI=1S/C17H8F11/c18-13(19)8-1-3-9(4-2-8)14(20,21)16(24,25)11-6-5-10(15(13,22)23)7-12(11)17(26,27)28/h1-7,12H. The number of halogens is 11. The Balaban J connectivity index is 2.36. The number of hydrogen-bond acceptors (Lipinski definition) is 0. The second-order valence-electron chi connectivity index (χ2n) is 6.30. The van der Waals surface area contributed by atoms with Gasteiger partial charge in [-0.15, -0.1) is 0 Å². The fourth-order valence-electron chi connectivity index (χ4n) is 3.00. The fraction of sp³-hybridized carbons (Fsp3) is 0.353. The zero-order valence-electron chi connectivity index (χ0n) is 13.3. The van der Waals surface area contributed by atoms with Crippen LogP contribution in [0.25, 0.3) is 0 Å². The third-order valence-electron chi connectivity index (χ3n) is 4.60. The quantitative estimate of drug-likeness (QED) is 0.425. The summed E-state index contributed by atoms with van der Waals surface area (Å²) in [6.45, 7) is 0. The third kappa shape index (κ3) is 2.65. The van der Waals surface area contributed by atoms with Gasteiger partial charge in [-0.05, 0) is 0 Å². The van der Waals surface area contributed by atoms with Gasteiger partial charge in [0.2, 0.25) is 0 Å². The molecular formula is C17H8F11. The van der Waals surface area contributed by atoms with Crippen molar-refractivity contribution in [3.8, 4) is 0 Å². The number of benzene rings is 1. The molecule has 0 aromatic heterocycles. The topological polar surface area (TPSA) is 0 Å². The highest BCUT2D eigenvalue weighted by Gasteiger charge is 2.68. The largest absolute Gasteiger partial charge is 0.396 e. The second-order valence-corrected chi connectivity index (χ2v) is 6.30. The third-order valence-corrected chi connectivity index (χ3v) is 4.60. The summed E-state index contributed by atoms with van der Waals surface area (Å²) in [6.07, 6.45) is -6.69. The molecule has 0 saturated carbocycles. The van der Waals surface area contributed by atoms with E-state index in [1.165, 1.54) is 0 Å².